The van der Waals surface area contributed by atoms with Crippen molar-refractivity contribution >= 4 is 40.3 Å². The Balaban J connectivity index is 1.80. The lowest BCUT2D eigenvalue weighted by Crippen LogP contribution is -2.13. The van der Waals surface area contributed by atoms with E-state index < -0.39 is 5.91 Å². The summed E-state index contributed by atoms with van der Waals surface area (Å²) in [6.45, 7) is 0.181. The van der Waals surface area contributed by atoms with Crippen molar-refractivity contribution in [3.8, 4) is 17.6 Å². The van der Waals surface area contributed by atoms with Crippen LogP contribution in [0.15, 0.2) is 48.0 Å². The fourth-order valence-electron chi connectivity index (χ4n) is 2.05. The highest BCUT2D eigenvalue weighted by atomic mass is 127. The van der Waals surface area contributed by atoms with Crippen molar-refractivity contribution in [3.63, 3.8) is 0 Å². The van der Waals surface area contributed by atoms with Gasteiger partial charge in [0.2, 0.25) is 6.79 Å². The van der Waals surface area contributed by atoms with Gasteiger partial charge in [0.15, 0.2) is 11.5 Å². The third-order valence-electron chi connectivity index (χ3n) is 3.17. The van der Waals surface area contributed by atoms with E-state index in [1.807, 2.05) is 18.2 Å². The van der Waals surface area contributed by atoms with Gasteiger partial charge in [0.1, 0.15) is 11.6 Å². The lowest BCUT2D eigenvalue weighted by Gasteiger charge is -2.04. The van der Waals surface area contributed by atoms with E-state index in [-0.39, 0.29) is 12.4 Å². The lowest BCUT2D eigenvalue weighted by atomic mass is 10.1. The predicted molar refractivity (Wildman–Crippen MR) is 93.9 cm³/mol. The number of fused-ring (bicyclic) bond motifs is 1. The Bertz CT molecular complexity index is 823. The largest absolute Gasteiger partial charge is 0.454 e. The van der Waals surface area contributed by atoms with Gasteiger partial charge in [0, 0.05) is 9.26 Å². The molecule has 2 aromatic carbocycles. The standard InChI is InChI=1S/C17H11IN2O3/c18-13-2-4-14(5-3-13)20-17(21)12(9-19)7-11-1-6-15-16(8-11)23-10-22-15/h1-8H,10H2,(H,20,21)/b12-7-. The minimum atomic E-state index is -0.452. The molecule has 5 nitrogen and oxygen atoms in total. The van der Waals surface area contributed by atoms with Crippen LogP contribution in [0, 0.1) is 14.9 Å². The van der Waals surface area contributed by atoms with Crippen LogP contribution < -0.4 is 14.8 Å². The van der Waals surface area contributed by atoms with Crippen LogP contribution in [0.4, 0.5) is 5.69 Å². The molecular weight excluding hydrogens is 407 g/mol. The molecule has 1 aliphatic rings. The highest BCUT2D eigenvalue weighted by Crippen LogP contribution is 2.33. The van der Waals surface area contributed by atoms with Gasteiger partial charge >= 0.3 is 0 Å². The molecule has 6 heteroatoms. The summed E-state index contributed by atoms with van der Waals surface area (Å²) in [4.78, 5) is 12.2. The summed E-state index contributed by atoms with van der Waals surface area (Å²) in [5, 5.41) is 11.9. The van der Waals surface area contributed by atoms with E-state index in [4.69, 9.17) is 9.47 Å². The summed E-state index contributed by atoms with van der Waals surface area (Å²) in [6.07, 6.45) is 1.52. The molecule has 0 saturated heterocycles. The zero-order valence-electron chi connectivity index (χ0n) is 11.9. The van der Waals surface area contributed by atoms with Crippen LogP contribution in [0.3, 0.4) is 0 Å². The van der Waals surface area contributed by atoms with Crippen LogP contribution in [-0.4, -0.2) is 12.7 Å². The number of carbonyl (C=O) groups excluding carboxylic acids is 1. The predicted octanol–water partition coefficient (Wildman–Crippen LogP) is 3.57. The van der Waals surface area contributed by atoms with Crippen LogP contribution in [0.1, 0.15) is 5.56 Å². The molecule has 23 heavy (non-hydrogen) atoms. The van der Waals surface area contributed by atoms with Gasteiger partial charge in [-0.15, -0.1) is 0 Å². The molecule has 0 aromatic heterocycles. The number of carbonyl (C=O) groups is 1. The van der Waals surface area contributed by atoms with Crippen LogP contribution in [0.25, 0.3) is 6.08 Å². The molecule has 1 N–H and O–H groups in total. The Morgan fingerprint density at radius 2 is 1.91 bits per heavy atom. The Morgan fingerprint density at radius 1 is 1.17 bits per heavy atom. The molecule has 0 atom stereocenters. The van der Waals surface area contributed by atoms with Gasteiger partial charge in [-0.25, -0.2) is 0 Å². The number of rotatable bonds is 3. The molecule has 0 fully saturated rings. The number of amides is 1. The minimum absolute atomic E-state index is 0.0161. The summed E-state index contributed by atoms with van der Waals surface area (Å²) >= 11 is 2.18. The summed E-state index contributed by atoms with van der Waals surface area (Å²) in [5.41, 5.74) is 1.35. The molecule has 2 aromatic rings. The van der Waals surface area contributed by atoms with E-state index in [9.17, 15) is 10.1 Å². The monoisotopic (exact) mass is 418 g/mol. The minimum Gasteiger partial charge on any atom is -0.454 e. The van der Waals surface area contributed by atoms with Crippen LogP contribution in [0.2, 0.25) is 0 Å². The first kappa shape index (κ1) is 15.4. The van der Waals surface area contributed by atoms with Crippen molar-refractivity contribution in [2.75, 3.05) is 12.1 Å². The zero-order valence-corrected chi connectivity index (χ0v) is 14.0. The Morgan fingerprint density at radius 3 is 2.65 bits per heavy atom. The second-order valence-electron chi connectivity index (χ2n) is 4.74. The number of anilines is 1. The summed E-state index contributed by atoms with van der Waals surface area (Å²) < 4.78 is 11.6. The molecule has 3 rings (SSSR count). The third-order valence-corrected chi connectivity index (χ3v) is 3.89. The SMILES string of the molecule is N#C/C(=C/c1ccc2c(c1)OCO2)C(=O)Nc1ccc(I)cc1. The Kier molecular flexibility index (Phi) is 4.48. The fraction of sp³-hybridized carbons (Fsp3) is 0.0588. The Labute approximate surface area is 146 Å². The number of ether oxygens (including phenoxy) is 2. The molecule has 0 bridgehead atoms. The van der Waals surface area contributed by atoms with E-state index in [1.54, 1.807) is 30.3 Å². The summed E-state index contributed by atoms with van der Waals surface area (Å²) in [6, 6.07) is 14.5. The summed E-state index contributed by atoms with van der Waals surface area (Å²) in [5.74, 6) is 0.810. The first-order valence-corrected chi connectivity index (χ1v) is 7.82. The van der Waals surface area contributed by atoms with Crippen molar-refractivity contribution in [2.24, 2.45) is 0 Å². The molecule has 0 spiro atoms. The molecule has 0 unspecified atom stereocenters. The quantitative estimate of drug-likeness (QED) is 0.470. The van der Waals surface area contributed by atoms with Gasteiger partial charge < -0.3 is 14.8 Å². The maximum absolute atomic E-state index is 12.2. The van der Waals surface area contributed by atoms with Gasteiger partial charge in [-0.2, -0.15) is 5.26 Å². The zero-order chi connectivity index (χ0) is 16.2. The van der Waals surface area contributed by atoms with Gasteiger partial charge in [0.25, 0.3) is 5.91 Å². The average Bonchev–Trinajstić information content (AvgIpc) is 3.02. The van der Waals surface area contributed by atoms with Gasteiger partial charge in [-0.3, -0.25) is 4.79 Å². The number of hydrogen-bond acceptors (Lipinski definition) is 4. The van der Waals surface area contributed by atoms with E-state index in [2.05, 4.69) is 27.9 Å². The third kappa shape index (κ3) is 3.63. The fourth-order valence-corrected chi connectivity index (χ4v) is 2.41. The van der Waals surface area contributed by atoms with Crippen molar-refractivity contribution in [1.82, 2.24) is 0 Å². The van der Waals surface area contributed by atoms with Crippen LogP contribution in [-0.2, 0) is 4.79 Å². The number of nitriles is 1. The van der Waals surface area contributed by atoms with E-state index in [0.29, 0.717) is 22.7 Å². The van der Waals surface area contributed by atoms with Crippen LogP contribution >= 0.6 is 22.6 Å². The Hall–Kier alpha value is -2.53. The second-order valence-corrected chi connectivity index (χ2v) is 5.99. The van der Waals surface area contributed by atoms with Gasteiger partial charge in [0.05, 0.1) is 0 Å². The van der Waals surface area contributed by atoms with E-state index >= 15 is 0 Å². The number of nitrogens with one attached hydrogen (secondary N) is 1. The molecule has 0 radical (unpaired) electrons. The number of hydrogen-bond donors (Lipinski definition) is 1. The molecule has 0 saturated carbocycles. The van der Waals surface area contributed by atoms with Crippen molar-refractivity contribution in [3.05, 3.63) is 57.2 Å². The summed E-state index contributed by atoms with van der Waals surface area (Å²) in [7, 11) is 0. The highest BCUT2D eigenvalue weighted by molar-refractivity contribution is 14.1. The number of nitrogens with zero attached hydrogens (tertiary/aromatic N) is 1. The molecule has 1 heterocycles. The van der Waals surface area contributed by atoms with Crippen molar-refractivity contribution in [2.45, 2.75) is 0 Å². The first-order chi connectivity index (χ1) is 11.2. The van der Waals surface area contributed by atoms with Crippen molar-refractivity contribution < 1.29 is 14.3 Å². The smallest absolute Gasteiger partial charge is 0.266 e. The lowest BCUT2D eigenvalue weighted by molar-refractivity contribution is -0.112. The topological polar surface area (TPSA) is 71.3 Å². The van der Waals surface area contributed by atoms with Crippen molar-refractivity contribution in [1.29, 1.82) is 5.26 Å². The molecule has 1 aliphatic heterocycles. The maximum Gasteiger partial charge on any atom is 0.266 e. The molecular formula is C17H11IN2O3. The second kappa shape index (κ2) is 6.71. The first-order valence-electron chi connectivity index (χ1n) is 6.74. The maximum atomic E-state index is 12.2. The molecule has 0 aliphatic carbocycles. The molecule has 114 valence electrons. The molecule has 1 amide bonds. The van der Waals surface area contributed by atoms with E-state index in [1.165, 1.54) is 6.08 Å². The van der Waals surface area contributed by atoms with Gasteiger partial charge in [-0.05, 0) is 70.6 Å². The van der Waals surface area contributed by atoms with Gasteiger partial charge in [-0.1, -0.05) is 6.07 Å². The number of benzene rings is 2. The van der Waals surface area contributed by atoms with E-state index in [0.717, 1.165) is 3.57 Å². The number of halogens is 1. The van der Waals surface area contributed by atoms with Crippen LogP contribution in [0.5, 0.6) is 11.5 Å². The highest BCUT2D eigenvalue weighted by Gasteiger charge is 2.14. The average molecular weight is 418 g/mol. The normalized spacial score (nSPS) is 12.6.